The van der Waals surface area contributed by atoms with Crippen molar-refractivity contribution in [2.45, 2.75) is 13.6 Å². The maximum absolute atomic E-state index is 5.80. The second-order valence-corrected chi connectivity index (χ2v) is 7.65. The van der Waals surface area contributed by atoms with E-state index in [1.807, 2.05) is 52.6 Å². The molecule has 30 heavy (non-hydrogen) atoms. The Morgan fingerprint density at radius 2 is 1.90 bits per heavy atom. The molecule has 0 radical (unpaired) electrons. The first-order valence-electron chi connectivity index (χ1n) is 10.3. The highest BCUT2D eigenvalue weighted by molar-refractivity contribution is 7.71. The molecule has 1 saturated heterocycles. The minimum atomic E-state index is 0.677. The molecule has 3 aromatic rings. The first-order chi connectivity index (χ1) is 14.7. The van der Waals surface area contributed by atoms with E-state index in [0.29, 0.717) is 11.4 Å². The van der Waals surface area contributed by atoms with E-state index in [-0.39, 0.29) is 0 Å². The normalized spacial score (nSPS) is 14.7. The van der Waals surface area contributed by atoms with Crippen LogP contribution in [-0.2, 0) is 6.67 Å². The van der Waals surface area contributed by atoms with Gasteiger partial charge in [0.15, 0.2) is 6.67 Å². The second kappa shape index (κ2) is 9.32. The predicted molar refractivity (Wildman–Crippen MR) is 119 cm³/mol. The van der Waals surface area contributed by atoms with Crippen LogP contribution in [0.5, 0.6) is 11.5 Å². The predicted octanol–water partition coefficient (Wildman–Crippen LogP) is 2.17. The summed E-state index contributed by atoms with van der Waals surface area (Å²) in [6, 6.07) is 16.1. The smallest absolute Gasteiger partial charge is 0.207 e. The van der Waals surface area contributed by atoms with Gasteiger partial charge in [0.2, 0.25) is 4.77 Å². The van der Waals surface area contributed by atoms with Crippen LogP contribution >= 0.6 is 12.2 Å². The zero-order valence-corrected chi connectivity index (χ0v) is 18.3. The number of rotatable bonds is 7. The first-order valence-corrected chi connectivity index (χ1v) is 10.7. The van der Waals surface area contributed by atoms with Crippen LogP contribution in [0.4, 0.5) is 5.69 Å². The first kappa shape index (κ1) is 20.4. The Morgan fingerprint density at radius 1 is 1.10 bits per heavy atom. The molecule has 0 atom stereocenters. The number of methoxy groups -OCH3 is 1. The molecule has 1 fully saturated rings. The van der Waals surface area contributed by atoms with Crippen LogP contribution in [0.1, 0.15) is 6.92 Å². The third kappa shape index (κ3) is 4.34. The number of piperazine rings is 1. The third-order valence-electron chi connectivity index (χ3n) is 5.41. The summed E-state index contributed by atoms with van der Waals surface area (Å²) in [5, 5.41) is 4.54. The number of benzene rings is 2. The van der Waals surface area contributed by atoms with Gasteiger partial charge in [-0.2, -0.15) is 9.78 Å². The molecule has 2 aromatic carbocycles. The number of anilines is 1. The summed E-state index contributed by atoms with van der Waals surface area (Å²) in [5.41, 5.74) is 2.13. The van der Waals surface area contributed by atoms with Crippen molar-refractivity contribution in [2.75, 3.05) is 44.8 Å². The van der Waals surface area contributed by atoms with Gasteiger partial charge >= 0.3 is 0 Å². The summed E-state index contributed by atoms with van der Waals surface area (Å²) in [5.74, 6) is 1.76. The number of para-hydroxylation sites is 2. The molecule has 0 spiro atoms. The highest BCUT2D eigenvalue weighted by atomic mass is 32.1. The number of nitrogens with zero attached hydrogens (tertiary/aromatic N) is 4. The third-order valence-corrected chi connectivity index (χ3v) is 5.82. The van der Waals surface area contributed by atoms with Gasteiger partial charge in [0.25, 0.3) is 0 Å². The van der Waals surface area contributed by atoms with Gasteiger partial charge in [-0.15, -0.1) is 0 Å². The van der Waals surface area contributed by atoms with Gasteiger partial charge in [0.05, 0.1) is 51.3 Å². The molecule has 0 saturated carbocycles. The highest BCUT2D eigenvalue weighted by Gasteiger charge is 2.23. The van der Waals surface area contributed by atoms with Crippen LogP contribution in [0, 0.1) is 4.77 Å². The largest absolute Gasteiger partial charge is 0.497 e. The number of ether oxygens (including phenoxy) is 2. The average Bonchev–Trinajstić information content (AvgIpc) is 3.15. The van der Waals surface area contributed by atoms with Crippen LogP contribution in [0.15, 0.2) is 54.9 Å². The van der Waals surface area contributed by atoms with Crippen molar-refractivity contribution in [3.63, 3.8) is 0 Å². The van der Waals surface area contributed by atoms with Gasteiger partial charge in [0.1, 0.15) is 17.8 Å². The van der Waals surface area contributed by atoms with E-state index in [0.717, 1.165) is 50.0 Å². The van der Waals surface area contributed by atoms with Crippen molar-refractivity contribution in [2.24, 2.45) is 0 Å². The van der Waals surface area contributed by atoms with Crippen molar-refractivity contribution >= 4 is 17.9 Å². The molecule has 1 N–H and O–H groups in total. The van der Waals surface area contributed by atoms with Gasteiger partial charge in [-0.25, -0.2) is 0 Å². The van der Waals surface area contributed by atoms with E-state index in [1.54, 1.807) is 13.4 Å². The second-order valence-electron chi connectivity index (χ2n) is 7.28. The van der Waals surface area contributed by atoms with E-state index in [2.05, 4.69) is 22.1 Å². The molecular formula is C22H28N5O2S+. The minimum Gasteiger partial charge on any atom is -0.497 e. The van der Waals surface area contributed by atoms with E-state index in [1.165, 1.54) is 10.6 Å². The zero-order chi connectivity index (χ0) is 20.9. The molecule has 1 aliphatic heterocycles. The Bertz CT molecular complexity index is 1040. The lowest BCUT2D eigenvalue weighted by atomic mass is 10.2. The Kier molecular flexibility index (Phi) is 6.35. The summed E-state index contributed by atoms with van der Waals surface area (Å²) in [6.45, 7) is 7.45. The maximum atomic E-state index is 5.80. The molecule has 1 aromatic heterocycles. The molecule has 7 nitrogen and oxygen atoms in total. The summed E-state index contributed by atoms with van der Waals surface area (Å²) in [6.07, 6.45) is 1.78. The fraction of sp³-hybridized carbons (Fsp3) is 0.364. The highest BCUT2D eigenvalue weighted by Crippen LogP contribution is 2.27. The molecule has 4 rings (SSSR count). The quantitative estimate of drug-likeness (QED) is 0.587. The lowest BCUT2D eigenvalue weighted by Crippen LogP contribution is -3.14. The zero-order valence-electron chi connectivity index (χ0n) is 17.5. The summed E-state index contributed by atoms with van der Waals surface area (Å²) >= 11 is 5.68. The Balaban J connectivity index is 1.41. The van der Waals surface area contributed by atoms with Crippen LogP contribution in [0.2, 0.25) is 0 Å². The van der Waals surface area contributed by atoms with Crippen molar-refractivity contribution in [1.82, 2.24) is 14.3 Å². The summed E-state index contributed by atoms with van der Waals surface area (Å²) in [7, 11) is 1.66. The molecule has 0 unspecified atom stereocenters. The molecule has 8 heteroatoms. The van der Waals surface area contributed by atoms with Gasteiger partial charge in [-0.05, 0) is 43.4 Å². The van der Waals surface area contributed by atoms with Crippen LogP contribution in [0.25, 0.3) is 5.69 Å². The summed E-state index contributed by atoms with van der Waals surface area (Å²) < 4.78 is 15.7. The van der Waals surface area contributed by atoms with Crippen LogP contribution < -0.4 is 19.3 Å². The van der Waals surface area contributed by atoms with E-state index in [9.17, 15) is 0 Å². The number of quaternary nitrogens is 1. The minimum absolute atomic E-state index is 0.677. The molecular weight excluding hydrogens is 398 g/mol. The topological polar surface area (TPSA) is 48.9 Å². The van der Waals surface area contributed by atoms with Crippen LogP contribution in [-0.4, -0.2) is 54.2 Å². The van der Waals surface area contributed by atoms with Crippen molar-refractivity contribution in [3.8, 4) is 17.2 Å². The van der Waals surface area contributed by atoms with Gasteiger partial charge in [0, 0.05) is 6.07 Å². The molecule has 158 valence electrons. The lowest BCUT2D eigenvalue weighted by molar-refractivity contribution is -0.924. The number of hydrogen-bond acceptors (Lipinski definition) is 5. The van der Waals surface area contributed by atoms with Gasteiger partial charge < -0.3 is 19.3 Å². The molecule has 1 aliphatic rings. The Morgan fingerprint density at radius 3 is 2.67 bits per heavy atom. The number of hydrogen-bond donors (Lipinski definition) is 1. The molecule has 0 bridgehead atoms. The standard InChI is InChI=1S/C22H27N5O2S/c1-3-29-21-10-5-4-9-20(21)25-13-11-24(12-14-25)17-27-22(30)26(16-23-27)18-7-6-8-19(15-18)28-2/h4-10,15-16H,3,11-14,17H2,1-2H3/p+1. The fourth-order valence-electron chi connectivity index (χ4n) is 3.81. The maximum Gasteiger partial charge on any atom is 0.207 e. The molecule has 2 heterocycles. The van der Waals surface area contributed by atoms with Gasteiger partial charge in [-0.1, -0.05) is 18.2 Å². The van der Waals surface area contributed by atoms with Crippen LogP contribution in [0.3, 0.4) is 0 Å². The van der Waals surface area contributed by atoms with Crippen molar-refractivity contribution < 1.29 is 14.4 Å². The van der Waals surface area contributed by atoms with Crippen molar-refractivity contribution in [1.29, 1.82) is 0 Å². The molecule has 0 amide bonds. The van der Waals surface area contributed by atoms with E-state index < -0.39 is 0 Å². The van der Waals surface area contributed by atoms with E-state index in [4.69, 9.17) is 21.7 Å². The fourth-order valence-corrected chi connectivity index (χ4v) is 4.08. The summed E-state index contributed by atoms with van der Waals surface area (Å²) in [4.78, 5) is 3.87. The Hall–Kier alpha value is -2.84. The van der Waals surface area contributed by atoms with E-state index >= 15 is 0 Å². The lowest BCUT2D eigenvalue weighted by Gasteiger charge is -2.34. The number of nitrogens with one attached hydrogen (secondary N) is 1. The number of aromatic nitrogens is 3. The monoisotopic (exact) mass is 426 g/mol. The molecule has 0 aliphatic carbocycles. The average molecular weight is 427 g/mol. The SMILES string of the molecule is CCOc1ccccc1N1CC[NH+](Cn2ncn(-c3cccc(OC)c3)c2=S)CC1. The Labute approximate surface area is 182 Å². The van der Waals surface area contributed by atoms with Gasteiger partial charge in [-0.3, -0.25) is 4.57 Å². The van der Waals surface area contributed by atoms with Crippen molar-refractivity contribution in [3.05, 3.63) is 59.6 Å².